The zero-order chi connectivity index (χ0) is 21.3. The topological polar surface area (TPSA) is 81.1 Å². The van der Waals surface area contributed by atoms with Crippen LogP contribution in [0, 0.1) is 13.8 Å². The molecule has 0 radical (unpaired) electrons. The van der Waals surface area contributed by atoms with Crippen LogP contribution in [0.15, 0.2) is 64.6 Å². The third-order valence-corrected chi connectivity index (χ3v) is 7.82. The number of nitrogens with zero attached hydrogens (tertiary/aromatic N) is 2. The van der Waals surface area contributed by atoms with Crippen LogP contribution < -0.4 is 5.32 Å². The summed E-state index contributed by atoms with van der Waals surface area (Å²) >= 11 is 0. The van der Waals surface area contributed by atoms with Crippen molar-refractivity contribution in [3.8, 4) is 0 Å². The minimum atomic E-state index is -3.81. The van der Waals surface area contributed by atoms with Crippen LogP contribution in [-0.4, -0.2) is 23.9 Å². The van der Waals surface area contributed by atoms with E-state index in [1.807, 2.05) is 18.4 Å². The lowest BCUT2D eigenvalue weighted by molar-refractivity contribution is 0.102. The number of hydrogen-bond acceptors (Lipinski definition) is 4. The molecule has 1 aliphatic rings. The fourth-order valence-electron chi connectivity index (χ4n) is 4.26. The second-order valence-electron chi connectivity index (χ2n) is 7.70. The first-order valence-corrected chi connectivity index (χ1v) is 11.6. The maximum Gasteiger partial charge on any atom is 0.256 e. The van der Waals surface area contributed by atoms with Gasteiger partial charge < -0.3 is 9.88 Å². The van der Waals surface area contributed by atoms with Crippen molar-refractivity contribution in [1.82, 2.24) is 9.55 Å². The van der Waals surface area contributed by atoms with Crippen LogP contribution in [-0.2, 0) is 9.84 Å². The van der Waals surface area contributed by atoms with Gasteiger partial charge in [-0.1, -0.05) is 31.0 Å². The molecule has 156 valence electrons. The summed E-state index contributed by atoms with van der Waals surface area (Å²) in [7, 11) is -3.81. The molecular weight excluding hydrogens is 398 g/mol. The zero-order valence-corrected chi connectivity index (χ0v) is 17.9. The van der Waals surface area contributed by atoms with Gasteiger partial charge in [0.25, 0.3) is 5.91 Å². The molecule has 1 aromatic carbocycles. The van der Waals surface area contributed by atoms with Gasteiger partial charge in [0.1, 0.15) is 10.7 Å². The van der Waals surface area contributed by atoms with E-state index in [1.54, 1.807) is 54.9 Å². The van der Waals surface area contributed by atoms with Crippen molar-refractivity contribution in [2.45, 2.75) is 55.4 Å². The summed E-state index contributed by atoms with van der Waals surface area (Å²) in [5, 5.41) is 2.93. The van der Waals surface area contributed by atoms with Crippen molar-refractivity contribution in [2.24, 2.45) is 0 Å². The molecule has 30 heavy (non-hydrogen) atoms. The van der Waals surface area contributed by atoms with Crippen LogP contribution in [0.1, 0.15) is 53.3 Å². The number of aromatic nitrogens is 2. The standard InChI is InChI=1S/C23H25N3O3S/c1-16-17(2)26(19-8-6-7-9-19)22(25-23(27)18-12-14-24-15-13-18)21(16)30(28,29)20-10-4-3-5-11-20/h3-5,10-15,19H,6-9H2,1-2H3,(H,25,27). The van der Waals surface area contributed by atoms with Crippen LogP contribution in [0.5, 0.6) is 0 Å². The van der Waals surface area contributed by atoms with E-state index < -0.39 is 9.84 Å². The predicted octanol–water partition coefficient (Wildman–Crippen LogP) is 4.70. The Labute approximate surface area is 176 Å². The molecule has 7 heteroatoms. The quantitative estimate of drug-likeness (QED) is 0.645. The molecule has 1 fully saturated rings. The van der Waals surface area contributed by atoms with Gasteiger partial charge in [-0.05, 0) is 56.5 Å². The molecular formula is C23H25N3O3S. The molecule has 3 aromatic rings. The van der Waals surface area contributed by atoms with E-state index in [4.69, 9.17) is 0 Å². The maximum atomic E-state index is 13.6. The number of amides is 1. The lowest BCUT2D eigenvalue weighted by atomic mass is 10.2. The Hall–Kier alpha value is -2.93. The van der Waals surface area contributed by atoms with Crippen LogP contribution in [0.25, 0.3) is 0 Å². The van der Waals surface area contributed by atoms with E-state index in [0.29, 0.717) is 16.9 Å². The SMILES string of the molecule is Cc1c(S(=O)(=O)c2ccccc2)c(NC(=O)c2ccncc2)n(C2CCCC2)c1C. The van der Waals surface area contributed by atoms with Gasteiger partial charge in [0.05, 0.1) is 4.90 Å². The average Bonchev–Trinajstić information content (AvgIpc) is 3.36. The van der Waals surface area contributed by atoms with Gasteiger partial charge in [0.2, 0.25) is 9.84 Å². The molecule has 0 saturated heterocycles. The van der Waals surface area contributed by atoms with Crippen LogP contribution in [0.2, 0.25) is 0 Å². The molecule has 2 aromatic heterocycles. The lowest BCUT2D eigenvalue weighted by Gasteiger charge is -2.20. The highest BCUT2D eigenvalue weighted by molar-refractivity contribution is 7.91. The monoisotopic (exact) mass is 423 g/mol. The summed E-state index contributed by atoms with van der Waals surface area (Å²) < 4.78 is 29.2. The van der Waals surface area contributed by atoms with Crippen LogP contribution in [0.4, 0.5) is 5.82 Å². The Bertz CT molecular complexity index is 1160. The van der Waals surface area contributed by atoms with E-state index in [0.717, 1.165) is 31.4 Å². The largest absolute Gasteiger partial charge is 0.327 e. The van der Waals surface area contributed by atoms with E-state index in [1.165, 1.54) is 0 Å². The Morgan fingerprint density at radius 1 is 1.03 bits per heavy atom. The number of sulfone groups is 1. The number of benzene rings is 1. The third-order valence-electron chi connectivity index (χ3n) is 5.89. The van der Waals surface area contributed by atoms with Gasteiger partial charge in [-0.25, -0.2) is 8.42 Å². The van der Waals surface area contributed by atoms with Gasteiger partial charge in [-0.15, -0.1) is 0 Å². The van der Waals surface area contributed by atoms with Crippen LogP contribution in [0.3, 0.4) is 0 Å². The molecule has 1 aliphatic carbocycles. The van der Waals surface area contributed by atoms with Crippen molar-refractivity contribution in [2.75, 3.05) is 5.32 Å². The van der Waals surface area contributed by atoms with Crippen molar-refractivity contribution in [1.29, 1.82) is 0 Å². The molecule has 4 rings (SSSR count). The summed E-state index contributed by atoms with van der Waals surface area (Å²) in [6, 6.07) is 11.8. The van der Waals surface area contributed by atoms with Crippen molar-refractivity contribution < 1.29 is 13.2 Å². The molecule has 1 N–H and O–H groups in total. The van der Waals surface area contributed by atoms with Gasteiger partial charge >= 0.3 is 0 Å². The average molecular weight is 424 g/mol. The van der Waals surface area contributed by atoms with Crippen LogP contribution >= 0.6 is 0 Å². The summed E-state index contributed by atoms with van der Waals surface area (Å²) in [6.45, 7) is 3.75. The molecule has 1 amide bonds. The van der Waals surface area contributed by atoms with E-state index in [2.05, 4.69) is 10.3 Å². The van der Waals surface area contributed by atoms with Gasteiger partial charge in [-0.2, -0.15) is 0 Å². The van der Waals surface area contributed by atoms with Crippen molar-refractivity contribution in [3.63, 3.8) is 0 Å². The smallest absolute Gasteiger partial charge is 0.256 e. The molecule has 0 atom stereocenters. The fraction of sp³-hybridized carbons (Fsp3) is 0.304. The molecule has 0 unspecified atom stereocenters. The fourth-order valence-corrected chi connectivity index (χ4v) is 5.97. The first-order chi connectivity index (χ1) is 14.4. The normalized spacial score (nSPS) is 14.7. The number of carbonyl (C=O) groups excluding carboxylic acids is 1. The summed E-state index contributed by atoms with van der Waals surface area (Å²) in [5.41, 5.74) is 1.99. The first kappa shape index (κ1) is 20.3. The molecule has 0 spiro atoms. The Balaban J connectivity index is 1.89. The number of nitrogens with one attached hydrogen (secondary N) is 1. The van der Waals surface area contributed by atoms with E-state index in [9.17, 15) is 13.2 Å². The first-order valence-electron chi connectivity index (χ1n) is 10.1. The van der Waals surface area contributed by atoms with Crippen molar-refractivity contribution >= 4 is 21.6 Å². The number of hydrogen-bond donors (Lipinski definition) is 1. The molecule has 0 bridgehead atoms. The highest BCUT2D eigenvalue weighted by Gasteiger charge is 2.33. The second kappa shape index (κ2) is 8.07. The highest BCUT2D eigenvalue weighted by Crippen LogP contribution is 2.41. The minimum Gasteiger partial charge on any atom is -0.327 e. The number of carbonyl (C=O) groups is 1. The third kappa shape index (κ3) is 3.54. The summed E-state index contributed by atoms with van der Waals surface area (Å²) in [4.78, 5) is 17.3. The zero-order valence-electron chi connectivity index (χ0n) is 17.1. The molecule has 6 nitrogen and oxygen atoms in total. The summed E-state index contributed by atoms with van der Waals surface area (Å²) in [5.74, 6) is 0.0150. The summed E-state index contributed by atoms with van der Waals surface area (Å²) in [6.07, 6.45) is 7.22. The predicted molar refractivity (Wildman–Crippen MR) is 115 cm³/mol. The van der Waals surface area contributed by atoms with Gasteiger partial charge in [0, 0.05) is 29.7 Å². The molecule has 2 heterocycles. The van der Waals surface area contributed by atoms with Gasteiger partial charge in [0.15, 0.2) is 0 Å². The van der Waals surface area contributed by atoms with Gasteiger partial charge in [-0.3, -0.25) is 9.78 Å². The lowest BCUT2D eigenvalue weighted by Crippen LogP contribution is -2.19. The number of anilines is 1. The maximum absolute atomic E-state index is 13.6. The molecule has 1 saturated carbocycles. The molecule has 0 aliphatic heterocycles. The number of pyridine rings is 1. The van der Waals surface area contributed by atoms with E-state index >= 15 is 0 Å². The number of rotatable bonds is 5. The second-order valence-corrected chi connectivity index (χ2v) is 9.59. The Morgan fingerprint density at radius 2 is 1.67 bits per heavy atom. The minimum absolute atomic E-state index is 0.177. The van der Waals surface area contributed by atoms with Crippen molar-refractivity contribution in [3.05, 3.63) is 71.7 Å². The highest BCUT2D eigenvalue weighted by atomic mass is 32.2. The Morgan fingerprint density at radius 3 is 2.30 bits per heavy atom. The van der Waals surface area contributed by atoms with E-state index in [-0.39, 0.29) is 21.7 Å². The Kier molecular flexibility index (Phi) is 5.47.